The second kappa shape index (κ2) is 7.40. The second-order valence-electron chi connectivity index (χ2n) is 7.87. The summed E-state index contributed by atoms with van der Waals surface area (Å²) in [5, 5.41) is 6.12. The Labute approximate surface area is 171 Å². The van der Waals surface area contributed by atoms with Crippen LogP contribution in [-0.2, 0) is 4.79 Å². The first-order valence-electron chi connectivity index (χ1n) is 10.5. The standard InChI is InChI=1S/C26H25NO2/c1-2-16-29-19-13-10-18(11-14-19)26-25-21(8-5-9-23(25)28)24-20-7-4-3-6-17(20)12-15-22(24)27-26/h3-4,6-7,10-15,26-27H,2,5,8-9,16H2,1H3/t26-/m0/s1. The molecule has 0 fully saturated rings. The Morgan fingerprint density at radius 2 is 1.83 bits per heavy atom. The number of carbonyl (C=O) groups excluding carboxylic acids is 1. The topological polar surface area (TPSA) is 38.3 Å². The van der Waals surface area contributed by atoms with E-state index in [1.807, 2.05) is 12.1 Å². The zero-order valence-electron chi connectivity index (χ0n) is 16.7. The van der Waals surface area contributed by atoms with E-state index in [0.29, 0.717) is 6.42 Å². The SMILES string of the molecule is CCCOc1ccc([C@@H]2Nc3ccc4ccccc4c3C3=C2C(=O)CCC3)cc1. The third-order valence-corrected chi connectivity index (χ3v) is 5.96. The Bertz CT molecular complexity index is 1110. The second-order valence-corrected chi connectivity index (χ2v) is 7.87. The minimum absolute atomic E-state index is 0.105. The van der Waals surface area contributed by atoms with Gasteiger partial charge in [-0.05, 0) is 59.4 Å². The van der Waals surface area contributed by atoms with E-state index < -0.39 is 0 Å². The molecule has 3 nitrogen and oxygen atoms in total. The maximum Gasteiger partial charge on any atom is 0.161 e. The van der Waals surface area contributed by atoms with Gasteiger partial charge < -0.3 is 10.1 Å². The first-order valence-corrected chi connectivity index (χ1v) is 10.5. The largest absolute Gasteiger partial charge is 0.494 e. The zero-order chi connectivity index (χ0) is 19.8. The molecule has 3 aromatic carbocycles. The summed E-state index contributed by atoms with van der Waals surface area (Å²) >= 11 is 0. The molecule has 0 unspecified atom stereocenters. The molecule has 0 amide bonds. The van der Waals surface area contributed by atoms with Gasteiger partial charge in [0.15, 0.2) is 5.78 Å². The first-order chi connectivity index (χ1) is 14.3. The molecule has 5 rings (SSSR count). The highest BCUT2D eigenvalue weighted by molar-refractivity contribution is 6.12. The zero-order valence-corrected chi connectivity index (χ0v) is 16.7. The van der Waals surface area contributed by atoms with Gasteiger partial charge in [0.25, 0.3) is 0 Å². The van der Waals surface area contributed by atoms with Gasteiger partial charge >= 0.3 is 0 Å². The fourth-order valence-corrected chi connectivity index (χ4v) is 4.63. The lowest BCUT2D eigenvalue weighted by Gasteiger charge is -2.35. The summed E-state index contributed by atoms with van der Waals surface area (Å²) in [5.41, 5.74) is 5.61. The van der Waals surface area contributed by atoms with Crippen molar-refractivity contribution in [2.75, 3.05) is 11.9 Å². The highest BCUT2D eigenvalue weighted by atomic mass is 16.5. The Balaban J connectivity index is 1.63. The van der Waals surface area contributed by atoms with E-state index in [1.54, 1.807) is 0 Å². The Kier molecular flexibility index (Phi) is 4.59. The number of hydrogen-bond acceptors (Lipinski definition) is 3. The lowest BCUT2D eigenvalue weighted by Crippen LogP contribution is -2.27. The highest BCUT2D eigenvalue weighted by Crippen LogP contribution is 2.47. The number of nitrogens with one attached hydrogen (secondary N) is 1. The van der Waals surface area contributed by atoms with Gasteiger partial charge in [0.05, 0.1) is 12.6 Å². The van der Waals surface area contributed by atoms with E-state index in [-0.39, 0.29) is 11.8 Å². The van der Waals surface area contributed by atoms with Gasteiger partial charge in [-0.3, -0.25) is 4.79 Å². The normalized spacial score (nSPS) is 18.2. The van der Waals surface area contributed by atoms with E-state index in [1.165, 1.54) is 21.9 Å². The Morgan fingerprint density at radius 3 is 2.66 bits per heavy atom. The van der Waals surface area contributed by atoms with Gasteiger partial charge in [0, 0.05) is 23.2 Å². The third-order valence-electron chi connectivity index (χ3n) is 5.96. The van der Waals surface area contributed by atoms with Crippen LogP contribution in [0.4, 0.5) is 5.69 Å². The van der Waals surface area contributed by atoms with Crippen LogP contribution >= 0.6 is 0 Å². The number of allylic oxidation sites excluding steroid dienone is 1. The van der Waals surface area contributed by atoms with Crippen LogP contribution in [0.3, 0.4) is 0 Å². The monoisotopic (exact) mass is 383 g/mol. The summed E-state index contributed by atoms with van der Waals surface area (Å²) in [5.74, 6) is 1.15. The summed E-state index contributed by atoms with van der Waals surface area (Å²) in [6, 6.07) is 20.9. The first kappa shape index (κ1) is 18.0. The van der Waals surface area contributed by atoms with E-state index >= 15 is 0 Å². The molecule has 2 aliphatic rings. The molecular weight excluding hydrogens is 358 g/mol. The Hall–Kier alpha value is -3.07. The minimum Gasteiger partial charge on any atom is -0.494 e. The molecule has 0 saturated carbocycles. The number of ether oxygens (including phenoxy) is 1. The van der Waals surface area contributed by atoms with Gasteiger partial charge in [0.1, 0.15) is 5.75 Å². The average molecular weight is 383 g/mol. The van der Waals surface area contributed by atoms with Crippen LogP contribution < -0.4 is 10.1 Å². The highest BCUT2D eigenvalue weighted by Gasteiger charge is 2.34. The molecule has 0 bridgehead atoms. The van der Waals surface area contributed by atoms with Gasteiger partial charge in [0.2, 0.25) is 0 Å². The van der Waals surface area contributed by atoms with Crippen molar-refractivity contribution in [3.63, 3.8) is 0 Å². The minimum atomic E-state index is -0.105. The van der Waals surface area contributed by atoms with Crippen molar-refractivity contribution in [1.29, 1.82) is 0 Å². The molecular formula is C26H25NO2. The molecule has 0 spiro atoms. The van der Waals surface area contributed by atoms with Crippen molar-refractivity contribution < 1.29 is 9.53 Å². The van der Waals surface area contributed by atoms with Crippen LogP contribution in [-0.4, -0.2) is 12.4 Å². The van der Waals surface area contributed by atoms with Crippen molar-refractivity contribution in [2.45, 2.75) is 38.6 Å². The fourth-order valence-electron chi connectivity index (χ4n) is 4.63. The number of carbonyl (C=O) groups is 1. The van der Waals surface area contributed by atoms with Gasteiger partial charge in [-0.1, -0.05) is 49.4 Å². The Morgan fingerprint density at radius 1 is 1.00 bits per heavy atom. The molecule has 3 heteroatoms. The van der Waals surface area contributed by atoms with Crippen LogP contribution in [0.15, 0.2) is 66.2 Å². The number of Topliss-reactive ketones (excluding diaryl/α,β-unsaturated/α-hetero) is 1. The molecule has 0 saturated heterocycles. The number of anilines is 1. The van der Waals surface area contributed by atoms with Crippen LogP contribution in [0, 0.1) is 0 Å². The average Bonchev–Trinajstić information content (AvgIpc) is 2.77. The number of fused-ring (bicyclic) bond motifs is 4. The van der Waals surface area contributed by atoms with Crippen molar-refractivity contribution in [3.05, 3.63) is 77.4 Å². The molecule has 1 heterocycles. The lowest BCUT2D eigenvalue weighted by molar-refractivity contribution is -0.116. The van der Waals surface area contributed by atoms with Crippen LogP contribution in [0.5, 0.6) is 5.75 Å². The van der Waals surface area contributed by atoms with Crippen molar-refractivity contribution >= 4 is 27.8 Å². The van der Waals surface area contributed by atoms with Crippen LogP contribution in [0.2, 0.25) is 0 Å². The molecule has 146 valence electrons. The predicted octanol–water partition coefficient (Wildman–Crippen LogP) is 6.30. The van der Waals surface area contributed by atoms with E-state index in [0.717, 1.165) is 48.4 Å². The number of rotatable bonds is 4. The van der Waals surface area contributed by atoms with Crippen molar-refractivity contribution in [1.82, 2.24) is 0 Å². The fraction of sp³-hybridized carbons (Fsp3) is 0.269. The molecule has 0 aromatic heterocycles. The van der Waals surface area contributed by atoms with Crippen LogP contribution in [0.1, 0.15) is 49.8 Å². The van der Waals surface area contributed by atoms with E-state index in [4.69, 9.17) is 4.74 Å². The lowest BCUT2D eigenvalue weighted by atomic mass is 9.77. The number of benzene rings is 3. The van der Waals surface area contributed by atoms with Crippen molar-refractivity contribution in [2.24, 2.45) is 0 Å². The third kappa shape index (κ3) is 3.11. The molecule has 3 aromatic rings. The molecule has 29 heavy (non-hydrogen) atoms. The van der Waals surface area contributed by atoms with Crippen molar-refractivity contribution in [3.8, 4) is 5.75 Å². The summed E-state index contributed by atoms with van der Waals surface area (Å²) in [6.07, 6.45) is 3.50. The quantitative estimate of drug-likeness (QED) is 0.574. The molecule has 1 N–H and O–H groups in total. The predicted molar refractivity (Wildman–Crippen MR) is 118 cm³/mol. The molecule has 1 atom stereocenters. The molecule has 1 aliphatic heterocycles. The summed E-state index contributed by atoms with van der Waals surface area (Å²) in [4.78, 5) is 13.0. The van der Waals surface area contributed by atoms with E-state index in [9.17, 15) is 4.79 Å². The van der Waals surface area contributed by atoms with Crippen LogP contribution in [0.25, 0.3) is 16.3 Å². The molecule has 0 radical (unpaired) electrons. The summed E-state index contributed by atoms with van der Waals surface area (Å²) in [6.45, 7) is 2.82. The summed E-state index contributed by atoms with van der Waals surface area (Å²) < 4.78 is 5.73. The number of ketones is 1. The maximum absolute atomic E-state index is 13.0. The summed E-state index contributed by atoms with van der Waals surface area (Å²) in [7, 11) is 0. The van der Waals surface area contributed by atoms with Gasteiger partial charge in [-0.25, -0.2) is 0 Å². The van der Waals surface area contributed by atoms with E-state index in [2.05, 4.69) is 60.8 Å². The maximum atomic E-state index is 13.0. The van der Waals surface area contributed by atoms with Gasteiger partial charge in [-0.15, -0.1) is 0 Å². The van der Waals surface area contributed by atoms with Gasteiger partial charge in [-0.2, -0.15) is 0 Å². The number of hydrogen-bond donors (Lipinski definition) is 1. The smallest absolute Gasteiger partial charge is 0.161 e. The molecule has 1 aliphatic carbocycles.